The Balaban J connectivity index is 1.69. The molecular weight excluding hydrogens is 490 g/mol. The molecule has 2 aliphatic carbocycles. The van der Waals surface area contributed by atoms with E-state index in [9.17, 15) is 29.4 Å². The summed E-state index contributed by atoms with van der Waals surface area (Å²) in [6.07, 6.45) is -0.403. The summed E-state index contributed by atoms with van der Waals surface area (Å²) < 4.78 is 5.39. The maximum atomic E-state index is 13.2. The number of urea groups is 1. The summed E-state index contributed by atoms with van der Waals surface area (Å²) >= 11 is 0. The third-order valence-electron chi connectivity index (χ3n) is 8.22. The molecular formula is C28H35N3O7. The van der Waals surface area contributed by atoms with Gasteiger partial charge in [0.1, 0.15) is 5.60 Å². The summed E-state index contributed by atoms with van der Waals surface area (Å²) in [7, 11) is 0. The monoisotopic (exact) mass is 525 g/mol. The fourth-order valence-corrected chi connectivity index (χ4v) is 6.71. The summed E-state index contributed by atoms with van der Waals surface area (Å²) in [5, 5.41) is 30.8. The largest absolute Gasteiger partial charge is 0.481 e. The Hall–Kier alpha value is -3.82. The summed E-state index contributed by atoms with van der Waals surface area (Å²) in [6, 6.07) is 11.7. The number of benzene rings is 2. The summed E-state index contributed by atoms with van der Waals surface area (Å²) in [6.45, 7) is 8.54. The van der Waals surface area contributed by atoms with Crippen LogP contribution in [0.15, 0.2) is 42.5 Å². The van der Waals surface area contributed by atoms with Crippen LogP contribution in [0.4, 0.5) is 15.3 Å². The first-order valence-electron chi connectivity index (χ1n) is 12.8. The molecule has 3 amide bonds. The lowest BCUT2D eigenvalue weighted by Gasteiger charge is -2.48. The molecule has 0 unspecified atom stereocenters. The molecule has 2 aromatic carbocycles. The van der Waals surface area contributed by atoms with E-state index in [1.165, 1.54) is 0 Å². The third-order valence-corrected chi connectivity index (χ3v) is 8.22. The summed E-state index contributed by atoms with van der Waals surface area (Å²) in [5.41, 5.74) is -3.47. The Labute approximate surface area is 221 Å². The SMILES string of the molecule is CCC1(CC)[C@@H](NC(=O)Nc2ccc3ccccc3c2)[C@@H]2[C@@H](C(=O)O)[C@H]2[C@@]1(NC(=O)OC(C)(C)C)C(=O)O. The van der Waals surface area contributed by atoms with Crippen molar-refractivity contribution in [3.05, 3.63) is 42.5 Å². The van der Waals surface area contributed by atoms with Crippen molar-refractivity contribution < 1.29 is 34.1 Å². The van der Waals surface area contributed by atoms with Crippen molar-refractivity contribution in [2.45, 2.75) is 64.6 Å². The van der Waals surface area contributed by atoms with Crippen LogP contribution in [0, 0.1) is 23.2 Å². The van der Waals surface area contributed by atoms with Gasteiger partial charge in [-0.2, -0.15) is 0 Å². The highest BCUT2D eigenvalue weighted by atomic mass is 16.6. The van der Waals surface area contributed by atoms with E-state index in [1.807, 2.05) is 36.4 Å². The van der Waals surface area contributed by atoms with Gasteiger partial charge in [-0.3, -0.25) is 4.79 Å². The van der Waals surface area contributed by atoms with Crippen LogP contribution in [0.1, 0.15) is 47.5 Å². The van der Waals surface area contributed by atoms with E-state index < -0.39 is 64.4 Å². The van der Waals surface area contributed by atoms with Crippen molar-refractivity contribution in [3.8, 4) is 0 Å². The molecule has 4 rings (SSSR count). The minimum absolute atomic E-state index is 0.270. The van der Waals surface area contributed by atoms with E-state index in [4.69, 9.17) is 4.74 Å². The van der Waals surface area contributed by atoms with Gasteiger partial charge in [-0.15, -0.1) is 0 Å². The van der Waals surface area contributed by atoms with Gasteiger partial charge in [0.05, 0.1) is 5.92 Å². The van der Waals surface area contributed by atoms with Crippen LogP contribution in [0.25, 0.3) is 10.8 Å². The van der Waals surface area contributed by atoms with E-state index in [1.54, 1.807) is 40.7 Å². The van der Waals surface area contributed by atoms with Crippen LogP contribution in [0.5, 0.6) is 0 Å². The first kappa shape index (κ1) is 27.2. The fourth-order valence-electron chi connectivity index (χ4n) is 6.71. The molecule has 5 atom stereocenters. The smallest absolute Gasteiger partial charge is 0.408 e. The van der Waals surface area contributed by atoms with Crippen molar-refractivity contribution >= 4 is 40.5 Å². The fraction of sp³-hybridized carbons (Fsp3) is 0.500. The molecule has 0 bridgehead atoms. The van der Waals surface area contributed by atoms with Crippen molar-refractivity contribution in [1.29, 1.82) is 0 Å². The van der Waals surface area contributed by atoms with Crippen LogP contribution in [0.3, 0.4) is 0 Å². The van der Waals surface area contributed by atoms with E-state index >= 15 is 0 Å². The molecule has 2 fully saturated rings. The van der Waals surface area contributed by atoms with Crippen molar-refractivity contribution in [3.63, 3.8) is 0 Å². The van der Waals surface area contributed by atoms with Gasteiger partial charge < -0.3 is 30.9 Å². The van der Waals surface area contributed by atoms with Crippen LogP contribution in [0.2, 0.25) is 0 Å². The molecule has 0 spiro atoms. The second-order valence-corrected chi connectivity index (χ2v) is 11.2. The lowest BCUT2D eigenvalue weighted by atomic mass is 9.62. The van der Waals surface area contributed by atoms with Gasteiger partial charge in [-0.25, -0.2) is 14.4 Å². The molecule has 0 radical (unpaired) electrons. The highest BCUT2D eigenvalue weighted by Crippen LogP contribution is 2.71. The zero-order valence-corrected chi connectivity index (χ0v) is 22.2. The third kappa shape index (κ3) is 4.31. The second-order valence-electron chi connectivity index (χ2n) is 11.2. The molecule has 2 aliphatic rings. The Morgan fingerprint density at radius 3 is 2.16 bits per heavy atom. The number of anilines is 1. The lowest BCUT2D eigenvalue weighted by Crippen LogP contribution is -2.69. The van der Waals surface area contributed by atoms with Gasteiger partial charge in [0, 0.05) is 23.1 Å². The number of fused-ring (bicyclic) bond motifs is 2. The number of rotatable bonds is 7. The molecule has 0 saturated heterocycles. The van der Waals surface area contributed by atoms with Gasteiger partial charge in [0.2, 0.25) is 0 Å². The van der Waals surface area contributed by atoms with E-state index in [0.717, 1.165) is 10.8 Å². The highest BCUT2D eigenvalue weighted by molar-refractivity contribution is 5.95. The highest BCUT2D eigenvalue weighted by Gasteiger charge is 2.84. The molecule has 2 aromatic rings. The number of nitrogens with one attached hydrogen (secondary N) is 3. The first-order chi connectivity index (χ1) is 17.8. The zero-order chi connectivity index (χ0) is 28.0. The molecule has 5 N–H and O–H groups in total. The van der Waals surface area contributed by atoms with Gasteiger partial charge in [-0.05, 0) is 62.4 Å². The lowest BCUT2D eigenvalue weighted by molar-refractivity contribution is -0.155. The molecule has 10 nitrogen and oxygen atoms in total. The minimum atomic E-state index is -1.95. The van der Waals surface area contributed by atoms with Gasteiger partial charge in [0.15, 0.2) is 5.54 Å². The summed E-state index contributed by atoms with van der Waals surface area (Å²) in [5.74, 6) is -5.15. The predicted molar refractivity (Wildman–Crippen MR) is 141 cm³/mol. The number of carboxylic acids is 2. The Morgan fingerprint density at radius 1 is 0.974 bits per heavy atom. The van der Waals surface area contributed by atoms with Crippen molar-refractivity contribution in [2.75, 3.05) is 5.32 Å². The van der Waals surface area contributed by atoms with Gasteiger partial charge in [-0.1, -0.05) is 44.2 Å². The van der Waals surface area contributed by atoms with Crippen molar-refractivity contribution in [1.82, 2.24) is 10.6 Å². The Morgan fingerprint density at radius 2 is 1.61 bits per heavy atom. The number of hydrogen-bond acceptors (Lipinski definition) is 5. The number of carboxylic acid groups (broad SMARTS) is 2. The van der Waals surface area contributed by atoms with Gasteiger partial charge >= 0.3 is 24.1 Å². The van der Waals surface area contributed by atoms with E-state index in [0.29, 0.717) is 5.69 Å². The zero-order valence-electron chi connectivity index (χ0n) is 22.2. The molecule has 2 saturated carbocycles. The quantitative estimate of drug-likeness (QED) is 0.358. The maximum absolute atomic E-state index is 13.2. The number of hydrogen-bond donors (Lipinski definition) is 5. The molecule has 38 heavy (non-hydrogen) atoms. The first-order valence-corrected chi connectivity index (χ1v) is 12.8. The molecule has 10 heteroatoms. The van der Waals surface area contributed by atoms with Crippen LogP contribution in [-0.4, -0.2) is 51.5 Å². The second kappa shape index (κ2) is 9.49. The Bertz CT molecular complexity index is 1280. The van der Waals surface area contributed by atoms with E-state index in [2.05, 4.69) is 16.0 Å². The number of ether oxygens (including phenoxy) is 1. The van der Waals surface area contributed by atoms with Gasteiger partial charge in [0.25, 0.3) is 0 Å². The topological polar surface area (TPSA) is 154 Å². The number of aliphatic carboxylic acids is 2. The molecule has 0 aliphatic heterocycles. The average Bonchev–Trinajstić information content (AvgIpc) is 3.53. The number of carbonyl (C=O) groups is 4. The number of amides is 3. The van der Waals surface area contributed by atoms with E-state index in [-0.39, 0.29) is 12.8 Å². The molecule has 0 heterocycles. The van der Waals surface area contributed by atoms with Crippen molar-refractivity contribution in [2.24, 2.45) is 23.2 Å². The predicted octanol–water partition coefficient (Wildman–Crippen LogP) is 4.44. The number of carbonyl (C=O) groups excluding carboxylic acids is 2. The maximum Gasteiger partial charge on any atom is 0.408 e. The number of alkyl carbamates (subject to hydrolysis) is 1. The Kier molecular flexibility index (Phi) is 6.80. The van der Waals surface area contributed by atoms with Crippen LogP contribution >= 0.6 is 0 Å². The normalized spacial score (nSPS) is 27.2. The average molecular weight is 526 g/mol. The van der Waals surface area contributed by atoms with Crippen LogP contribution < -0.4 is 16.0 Å². The molecule has 204 valence electrons. The minimum Gasteiger partial charge on any atom is -0.481 e. The standard InChI is InChI=1S/C28H35N3O7/c1-6-27(7-2)21(30-24(36)29-17-13-12-15-10-8-9-11-16(15)14-17)18-19(22(32)33)20(18)28(27,23(34)35)31-25(37)38-26(3,4)5/h8-14,18-21H,6-7H2,1-5H3,(H,31,37)(H,32,33)(H,34,35)(H2,29,30,36)/t18-,19-,20+,21+,28-/m1/s1. The molecule has 0 aromatic heterocycles. The summed E-state index contributed by atoms with van der Waals surface area (Å²) in [4.78, 5) is 51.3. The van der Waals surface area contributed by atoms with Crippen LogP contribution in [-0.2, 0) is 14.3 Å².